The van der Waals surface area contributed by atoms with Gasteiger partial charge in [-0.05, 0) is 79.2 Å². The van der Waals surface area contributed by atoms with Crippen LogP contribution in [-0.4, -0.2) is 44.1 Å². The van der Waals surface area contributed by atoms with E-state index < -0.39 is 0 Å². The number of nitrogens with zero attached hydrogens (tertiary/aromatic N) is 4. The van der Waals surface area contributed by atoms with E-state index in [0.717, 1.165) is 36.3 Å². The second kappa shape index (κ2) is 9.79. The number of aromatic nitrogens is 4. The molecule has 1 amide bonds. The fourth-order valence-electron chi connectivity index (χ4n) is 4.22. The van der Waals surface area contributed by atoms with Gasteiger partial charge in [0.1, 0.15) is 11.6 Å². The Hall–Kier alpha value is -4.63. The number of benzene rings is 2. The number of carbonyl (C=O) groups is 1. The quantitative estimate of drug-likeness (QED) is 0.314. The molecule has 1 aliphatic rings. The van der Waals surface area contributed by atoms with Crippen LogP contribution >= 0.6 is 0 Å². The molecule has 3 aromatic heterocycles. The molecular formula is C28H23FN6O2. The molecule has 0 atom stereocenters. The summed E-state index contributed by atoms with van der Waals surface area (Å²) in [5, 5.41) is 10.7. The van der Waals surface area contributed by atoms with Crippen LogP contribution in [0.1, 0.15) is 22.5 Å². The topological polar surface area (TPSA) is 96.0 Å². The van der Waals surface area contributed by atoms with Crippen molar-refractivity contribution in [2.45, 2.75) is 13.0 Å². The molecule has 1 saturated heterocycles. The number of hydrogen-bond acceptors (Lipinski definition) is 6. The van der Waals surface area contributed by atoms with Gasteiger partial charge in [0.05, 0.1) is 17.4 Å². The first kappa shape index (κ1) is 22.8. The van der Waals surface area contributed by atoms with E-state index in [0.29, 0.717) is 22.7 Å². The molecule has 5 aromatic rings. The van der Waals surface area contributed by atoms with Crippen LogP contribution in [0, 0.1) is 5.82 Å². The van der Waals surface area contributed by atoms with Gasteiger partial charge in [-0.3, -0.25) is 19.8 Å². The van der Waals surface area contributed by atoms with E-state index in [1.165, 1.54) is 42.4 Å². The molecule has 0 unspecified atom stereocenters. The zero-order chi connectivity index (χ0) is 25.2. The number of nitrogens with one attached hydrogen (secondary N) is 2. The van der Waals surface area contributed by atoms with Crippen LogP contribution in [0.25, 0.3) is 22.0 Å². The predicted octanol–water partition coefficient (Wildman–Crippen LogP) is 5.41. The van der Waals surface area contributed by atoms with E-state index in [1.54, 1.807) is 12.1 Å². The van der Waals surface area contributed by atoms with Crippen molar-refractivity contribution in [3.8, 4) is 22.8 Å². The van der Waals surface area contributed by atoms with Crippen molar-refractivity contribution in [2.75, 3.05) is 18.4 Å². The Kier molecular flexibility index (Phi) is 6.03. The first-order chi connectivity index (χ1) is 18.1. The van der Waals surface area contributed by atoms with Crippen molar-refractivity contribution in [2.24, 2.45) is 0 Å². The zero-order valence-corrected chi connectivity index (χ0v) is 19.8. The van der Waals surface area contributed by atoms with E-state index in [-0.39, 0.29) is 17.4 Å². The first-order valence-corrected chi connectivity index (χ1v) is 12.0. The molecule has 4 heterocycles. The number of aromatic amines is 1. The van der Waals surface area contributed by atoms with E-state index >= 15 is 0 Å². The molecule has 0 aliphatic carbocycles. The van der Waals surface area contributed by atoms with Crippen LogP contribution in [0.4, 0.5) is 10.1 Å². The van der Waals surface area contributed by atoms with E-state index in [9.17, 15) is 9.18 Å². The number of fused-ring (bicyclic) bond motifs is 1. The normalized spacial score (nSPS) is 13.3. The number of rotatable bonds is 7. The van der Waals surface area contributed by atoms with Crippen molar-refractivity contribution < 1.29 is 13.9 Å². The lowest BCUT2D eigenvalue weighted by Crippen LogP contribution is -2.36. The number of H-pyrrole nitrogens is 1. The minimum Gasteiger partial charge on any atom is -0.439 e. The van der Waals surface area contributed by atoms with Crippen LogP contribution in [-0.2, 0) is 6.54 Å². The molecule has 9 heteroatoms. The molecule has 0 bridgehead atoms. The van der Waals surface area contributed by atoms with E-state index in [4.69, 9.17) is 4.74 Å². The third kappa shape index (κ3) is 5.03. The largest absolute Gasteiger partial charge is 0.439 e. The summed E-state index contributed by atoms with van der Waals surface area (Å²) in [5.74, 6) is 0.0842. The molecule has 0 radical (unpaired) electrons. The van der Waals surface area contributed by atoms with Crippen molar-refractivity contribution in [1.29, 1.82) is 0 Å². The van der Waals surface area contributed by atoms with Crippen LogP contribution in [0.15, 0.2) is 79.3 Å². The second-order valence-corrected chi connectivity index (χ2v) is 8.94. The maximum absolute atomic E-state index is 13.1. The van der Waals surface area contributed by atoms with Gasteiger partial charge in [0.2, 0.25) is 5.88 Å². The maximum atomic E-state index is 13.1. The van der Waals surface area contributed by atoms with Crippen LogP contribution in [0.3, 0.4) is 0 Å². The van der Waals surface area contributed by atoms with Gasteiger partial charge < -0.3 is 10.1 Å². The molecule has 1 fully saturated rings. The number of anilines is 1. The molecule has 2 aromatic carbocycles. The average Bonchev–Trinajstić information content (AvgIpc) is 3.32. The fourth-order valence-corrected chi connectivity index (χ4v) is 4.22. The summed E-state index contributed by atoms with van der Waals surface area (Å²) in [6.07, 6.45) is 6.48. The van der Waals surface area contributed by atoms with Gasteiger partial charge in [0, 0.05) is 36.0 Å². The zero-order valence-electron chi connectivity index (χ0n) is 19.8. The molecule has 1 aliphatic heterocycles. The Labute approximate surface area is 212 Å². The lowest BCUT2D eigenvalue weighted by Gasteiger charge is -2.30. The molecule has 6 rings (SSSR count). The highest BCUT2D eigenvalue weighted by atomic mass is 19.1. The Balaban J connectivity index is 1.18. The van der Waals surface area contributed by atoms with Gasteiger partial charge in [-0.15, -0.1) is 0 Å². The molecule has 37 heavy (non-hydrogen) atoms. The standard InChI is InChI=1S/C28H23FN6O2/c29-21-3-6-23(7-4-21)37-26-9-5-22(16-31-26)32-28(36)27-24-13-19(2-8-25(24)33-34-27)20-12-18(14-30-15-20)17-35-10-1-11-35/h2-9,12-16H,1,10-11,17H2,(H,32,36)(H,33,34). The Bertz CT molecular complexity index is 1560. The monoisotopic (exact) mass is 494 g/mol. The summed E-state index contributed by atoms with van der Waals surface area (Å²) < 4.78 is 18.7. The summed E-state index contributed by atoms with van der Waals surface area (Å²) in [7, 11) is 0. The summed E-state index contributed by atoms with van der Waals surface area (Å²) in [6.45, 7) is 3.15. The molecule has 8 nitrogen and oxygen atoms in total. The highest BCUT2D eigenvalue weighted by Gasteiger charge is 2.17. The molecule has 0 saturated carbocycles. The number of ether oxygens (including phenoxy) is 1. The molecule has 184 valence electrons. The SMILES string of the molecule is O=C(Nc1ccc(Oc2ccc(F)cc2)nc1)c1n[nH]c2ccc(-c3cncc(CN4CCC4)c3)cc12. The van der Waals surface area contributed by atoms with Crippen LogP contribution < -0.4 is 10.1 Å². The minimum absolute atomic E-state index is 0.285. The number of likely N-dealkylation sites (tertiary alicyclic amines) is 1. The van der Waals surface area contributed by atoms with Gasteiger partial charge in [-0.25, -0.2) is 9.37 Å². The molecule has 0 spiro atoms. The summed E-state index contributed by atoms with van der Waals surface area (Å²) in [5.41, 5.74) is 4.67. The van der Waals surface area contributed by atoms with Gasteiger partial charge in [-0.2, -0.15) is 5.10 Å². The van der Waals surface area contributed by atoms with Crippen molar-refractivity contribution in [3.05, 3.63) is 96.3 Å². The number of hydrogen-bond donors (Lipinski definition) is 2. The molecule has 2 N–H and O–H groups in total. The number of pyridine rings is 2. The lowest BCUT2D eigenvalue weighted by molar-refractivity contribution is 0.102. The highest BCUT2D eigenvalue weighted by molar-refractivity contribution is 6.11. The van der Waals surface area contributed by atoms with Crippen molar-refractivity contribution >= 4 is 22.5 Å². The van der Waals surface area contributed by atoms with Crippen LogP contribution in [0.5, 0.6) is 11.6 Å². The third-order valence-corrected chi connectivity index (χ3v) is 6.29. The third-order valence-electron chi connectivity index (χ3n) is 6.29. The minimum atomic E-state index is -0.359. The number of halogens is 1. The Morgan fingerprint density at radius 2 is 1.86 bits per heavy atom. The van der Waals surface area contributed by atoms with Gasteiger partial charge >= 0.3 is 0 Å². The molecular weight excluding hydrogens is 471 g/mol. The maximum Gasteiger partial charge on any atom is 0.276 e. The van der Waals surface area contributed by atoms with E-state index in [1.807, 2.05) is 30.6 Å². The summed E-state index contributed by atoms with van der Waals surface area (Å²) in [6, 6.07) is 17.0. The average molecular weight is 495 g/mol. The first-order valence-electron chi connectivity index (χ1n) is 12.0. The van der Waals surface area contributed by atoms with Crippen molar-refractivity contribution in [1.82, 2.24) is 25.1 Å². The Morgan fingerprint density at radius 3 is 2.62 bits per heavy atom. The van der Waals surface area contributed by atoms with E-state index in [2.05, 4.69) is 36.4 Å². The van der Waals surface area contributed by atoms with Gasteiger partial charge in [-0.1, -0.05) is 6.07 Å². The number of amides is 1. The lowest BCUT2D eigenvalue weighted by atomic mass is 10.0. The predicted molar refractivity (Wildman–Crippen MR) is 138 cm³/mol. The number of carbonyl (C=O) groups excluding carboxylic acids is 1. The van der Waals surface area contributed by atoms with Gasteiger partial charge in [0.25, 0.3) is 5.91 Å². The van der Waals surface area contributed by atoms with Crippen molar-refractivity contribution in [3.63, 3.8) is 0 Å². The smallest absolute Gasteiger partial charge is 0.276 e. The van der Waals surface area contributed by atoms with Gasteiger partial charge in [0.15, 0.2) is 5.69 Å². The Morgan fingerprint density at radius 1 is 1.00 bits per heavy atom. The fraction of sp³-hybridized carbons (Fsp3) is 0.143. The highest BCUT2D eigenvalue weighted by Crippen LogP contribution is 2.27. The van der Waals surface area contributed by atoms with Crippen LogP contribution in [0.2, 0.25) is 0 Å². The second-order valence-electron chi connectivity index (χ2n) is 8.94. The summed E-state index contributed by atoms with van der Waals surface area (Å²) >= 11 is 0. The summed E-state index contributed by atoms with van der Waals surface area (Å²) in [4.78, 5) is 24.1.